The number of carbonyl (C=O) groups excluding carboxylic acids is 1. The lowest BCUT2D eigenvalue weighted by molar-refractivity contribution is -0.137. The summed E-state index contributed by atoms with van der Waals surface area (Å²) in [5, 5.41) is 0. The molecule has 0 atom stereocenters. The van der Waals surface area contributed by atoms with Crippen molar-refractivity contribution in [2.24, 2.45) is 5.92 Å². The van der Waals surface area contributed by atoms with Crippen molar-refractivity contribution in [3.63, 3.8) is 0 Å². The Labute approximate surface area is 147 Å². The van der Waals surface area contributed by atoms with E-state index in [0.29, 0.717) is 25.4 Å². The molecule has 0 saturated carbocycles. The van der Waals surface area contributed by atoms with Crippen LogP contribution in [-0.4, -0.2) is 36.3 Å². The highest BCUT2D eigenvalue weighted by Gasteiger charge is 2.34. The lowest BCUT2D eigenvalue weighted by Crippen LogP contribution is -2.53. The molecule has 1 amide bonds. The van der Waals surface area contributed by atoms with Gasteiger partial charge in [-0.25, -0.2) is 4.79 Å². The van der Waals surface area contributed by atoms with Gasteiger partial charge in [-0.15, -0.1) is 0 Å². The van der Waals surface area contributed by atoms with E-state index in [2.05, 4.69) is 15.9 Å². The maximum atomic E-state index is 12.6. The van der Waals surface area contributed by atoms with E-state index in [-0.39, 0.29) is 16.5 Å². The van der Waals surface area contributed by atoms with Crippen LogP contribution < -0.4 is 4.74 Å². The number of alkyl halides is 3. The molecule has 0 spiro atoms. The molecule has 24 heavy (non-hydrogen) atoms. The Morgan fingerprint density at radius 1 is 1.29 bits per heavy atom. The topological polar surface area (TPSA) is 38.8 Å². The summed E-state index contributed by atoms with van der Waals surface area (Å²) < 4.78 is 48.9. The smallest absolute Gasteiger partial charge is 0.416 e. The second-order valence-electron chi connectivity index (χ2n) is 6.71. The lowest BCUT2D eigenvalue weighted by atomic mass is 10.0. The van der Waals surface area contributed by atoms with Crippen LogP contribution in [0.4, 0.5) is 18.0 Å². The minimum absolute atomic E-state index is 0.131. The summed E-state index contributed by atoms with van der Waals surface area (Å²) in [6.07, 6.45) is -4.75. The van der Waals surface area contributed by atoms with Gasteiger partial charge in [0.25, 0.3) is 0 Å². The number of hydrogen-bond donors (Lipinski definition) is 0. The molecule has 2 rings (SSSR count). The van der Waals surface area contributed by atoms with Crippen LogP contribution in [0.25, 0.3) is 0 Å². The Balaban J connectivity index is 1.81. The molecule has 1 heterocycles. The predicted octanol–water partition coefficient (Wildman–Crippen LogP) is 4.71. The first-order chi connectivity index (χ1) is 11.0. The maximum Gasteiger partial charge on any atom is 0.416 e. The molecule has 0 aromatic heterocycles. The minimum Gasteiger partial charge on any atom is -0.492 e. The average Bonchev–Trinajstić information content (AvgIpc) is 2.35. The van der Waals surface area contributed by atoms with E-state index in [9.17, 15) is 18.0 Å². The van der Waals surface area contributed by atoms with E-state index >= 15 is 0 Å². The highest BCUT2D eigenvalue weighted by molar-refractivity contribution is 9.10. The molecule has 1 aliphatic heterocycles. The Kier molecular flexibility index (Phi) is 5.37. The van der Waals surface area contributed by atoms with Crippen molar-refractivity contribution in [2.75, 3.05) is 19.7 Å². The third-order valence-corrected chi connectivity index (χ3v) is 3.96. The van der Waals surface area contributed by atoms with Crippen LogP contribution in [0.3, 0.4) is 0 Å². The van der Waals surface area contributed by atoms with Gasteiger partial charge < -0.3 is 14.4 Å². The normalized spacial score (nSPS) is 15.9. The third-order valence-electron chi connectivity index (χ3n) is 3.34. The summed E-state index contributed by atoms with van der Waals surface area (Å²) in [5.74, 6) is 0.477. The molecule has 0 radical (unpaired) electrons. The Hall–Kier alpha value is -1.44. The average molecular weight is 410 g/mol. The monoisotopic (exact) mass is 409 g/mol. The van der Waals surface area contributed by atoms with Crippen LogP contribution in [0.15, 0.2) is 22.7 Å². The molecular formula is C16H19BrF3NO3. The molecule has 134 valence electrons. The van der Waals surface area contributed by atoms with E-state index < -0.39 is 17.3 Å². The van der Waals surface area contributed by atoms with Gasteiger partial charge in [-0.05, 0) is 54.9 Å². The molecular weight excluding hydrogens is 391 g/mol. The number of hydrogen-bond acceptors (Lipinski definition) is 3. The first-order valence-electron chi connectivity index (χ1n) is 7.43. The molecule has 0 unspecified atom stereocenters. The number of rotatable bonds is 3. The van der Waals surface area contributed by atoms with Gasteiger partial charge in [-0.2, -0.15) is 13.2 Å². The number of ether oxygens (including phenoxy) is 2. The fourth-order valence-electron chi connectivity index (χ4n) is 2.15. The first kappa shape index (κ1) is 18.9. The fourth-order valence-corrected chi connectivity index (χ4v) is 2.65. The Morgan fingerprint density at radius 3 is 2.42 bits per heavy atom. The van der Waals surface area contributed by atoms with E-state index in [0.717, 1.165) is 12.1 Å². The molecule has 4 nitrogen and oxygen atoms in total. The molecule has 1 saturated heterocycles. The van der Waals surface area contributed by atoms with Crippen molar-refractivity contribution < 1.29 is 27.4 Å². The number of amides is 1. The number of nitrogens with zero attached hydrogens (tertiary/aromatic N) is 1. The molecule has 1 aromatic rings. The van der Waals surface area contributed by atoms with Gasteiger partial charge in [0, 0.05) is 19.0 Å². The number of benzene rings is 1. The highest BCUT2D eigenvalue weighted by atomic mass is 79.9. The number of halogens is 4. The summed E-state index contributed by atoms with van der Waals surface area (Å²) in [6, 6.07) is 3.26. The zero-order valence-corrected chi connectivity index (χ0v) is 15.2. The van der Waals surface area contributed by atoms with Gasteiger partial charge in [-0.1, -0.05) is 0 Å². The molecule has 1 aliphatic rings. The van der Waals surface area contributed by atoms with Gasteiger partial charge >= 0.3 is 12.3 Å². The van der Waals surface area contributed by atoms with Crippen molar-refractivity contribution >= 4 is 22.0 Å². The second kappa shape index (κ2) is 6.82. The molecule has 0 N–H and O–H groups in total. The van der Waals surface area contributed by atoms with E-state index in [1.54, 1.807) is 25.7 Å². The first-order valence-corrected chi connectivity index (χ1v) is 8.22. The zero-order chi connectivity index (χ0) is 18.1. The van der Waals surface area contributed by atoms with Gasteiger partial charge in [-0.3, -0.25) is 0 Å². The van der Waals surface area contributed by atoms with Crippen molar-refractivity contribution in [3.8, 4) is 5.75 Å². The van der Waals surface area contributed by atoms with Gasteiger partial charge in [0.2, 0.25) is 0 Å². The number of likely N-dealkylation sites (tertiary alicyclic amines) is 1. The van der Waals surface area contributed by atoms with Crippen molar-refractivity contribution in [1.82, 2.24) is 4.90 Å². The van der Waals surface area contributed by atoms with Crippen LogP contribution >= 0.6 is 15.9 Å². The van der Waals surface area contributed by atoms with E-state index in [4.69, 9.17) is 9.47 Å². The molecule has 8 heteroatoms. The SMILES string of the molecule is CC(C)(C)OC(=O)N1CC(COc2ccc(C(F)(F)F)cc2Br)C1. The Morgan fingerprint density at radius 2 is 1.92 bits per heavy atom. The summed E-state index contributed by atoms with van der Waals surface area (Å²) in [7, 11) is 0. The second-order valence-corrected chi connectivity index (χ2v) is 7.56. The minimum atomic E-state index is -4.39. The van der Waals surface area contributed by atoms with Crippen LogP contribution in [0, 0.1) is 5.92 Å². The van der Waals surface area contributed by atoms with Gasteiger partial charge in [0.15, 0.2) is 0 Å². The zero-order valence-electron chi connectivity index (χ0n) is 13.6. The van der Waals surface area contributed by atoms with Crippen LogP contribution in [-0.2, 0) is 10.9 Å². The summed E-state index contributed by atoms with van der Waals surface area (Å²) in [5.41, 5.74) is -1.27. The van der Waals surface area contributed by atoms with Crippen LogP contribution in [0.5, 0.6) is 5.75 Å². The molecule has 0 bridgehead atoms. The quantitative estimate of drug-likeness (QED) is 0.725. The summed E-state index contributed by atoms with van der Waals surface area (Å²) in [6.45, 7) is 6.73. The van der Waals surface area contributed by atoms with Gasteiger partial charge in [0.1, 0.15) is 11.4 Å². The van der Waals surface area contributed by atoms with Crippen molar-refractivity contribution in [2.45, 2.75) is 32.5 Å². The standard InChI is InChI=1S/C16H19BrF3NO3/c1-15(2,3)24-14(22)21-7-10(8-21)9-23-13-5-4-11(6-12(13)17)16(18,19)20/h4-6,10H,7-9H2,1-3H3. The summed E-state index contributed by atoms with van der Waals surface area (Å²) in [4.78, 5) is 13.4. The van der Waals surface area contributed by atoms with Crippen molar-refractivity contribution in [3.05, 3.63) is 28.2 Å². The molecule has 1 aromatic carbocycles. The third kappa shape index (κ3) is 5.03. The fraction of sp³-hybridized carbons (Fsp3) is 0.562. The molecule has 0 aliphatic carbocycles. The maximum absolute atomic E-state index is 12.6. The Bertz CT molecular complexity index is 608. The highest BCUT2D eigenvalue weighted by Crippen LogP contribution is 2.35. The lowest BCUT2D eigenvalue weighted by Gasteiger charge is -2.39. The van der Waals surface area contributed by atoms with E-state index in [1.807, 2.05) is 0 Å². The van der Waals surface area contributed by atoms with Crippen molar-refractivity contribution in [1.29, 1.82) is 0 Å². The van der Waals surface area contributed by atoms with E-state index in [1.165, 1.54) is 6.07 Å². The largest absolute Gasteiger partial charge is 0.492 e. The molecule has 1 fully saturated rings. The summed E-state index contributed by atoms with van der Waals surface area (Å²) >= 11 is 3.09. The number of carbonyl (C=O) groups is 1. The van der Waals surface area contributed by atoms with Crippen LogP contribution in [0.1, 0.15) is 26.3 Å². The predicted molar refractivity (Wildman–Crippen MR) is 85.9 cm³/mol. The van der Waals surface area contributed by atoms with Gasteiger partial charge in [0.05, 0.1) is 16.6 Å². The van der Waals surface area contributed by atoms with Crippen LogP contribution in [0.2, 0.25) is 0 Å².